The smallest absolute Gasteiger partial charge is 0.315 e. The zero-order valence-electron chi connectivity index (χ0n) is 16.1. The number of amides is 2. The molecule has 0 radical (unpaired) electrons. The summed E-state index contributed by atoms with van der Waals surface area (Å²) in [5.74, 6) is 1.39. The second-order valence-corrected chi connectivity index (χ2v) is 7.02. The van der Waals surface area contributed by atoms with Crippen molar-refractivity contribution in [2.45, 2.75) is 44.9 Å². The number of urea groups is 1. The molecule has 0 saturated heterocycles. The molecule has 0 aliphatic heterocycles. The van der Waals surface area contributed by atoms with Crippen LogP contribution in [0.1, 0.15) is 36.8 Å². The topological polar surface area (TPSA) is 94.0 Å². The van der Waals surface area contributed by atoms with E-state index in [0.717, 1.165) is 29.8 Å². The van der Waals surface area contributed by atoms with Gasteiger partial charge in [0, 0.05) is 43.4 Å². The number of hydrogen-bond acceptors (Lipinski definition) is 5. The third kappa shape index (κ3) is 5.10. The number of imidazole rings is 1. The van der Waals surface area contributed by atoms with Crippen molar-refractivity contribution in [2.75, 3.05) is 0 Å². The number of ether oxygens (including phenoxy) is 1. The molecule has 0 unspecified atom stereocenters. The van der Waals surface area contributed by atoms with Crippen LogP contribution in [0.5, 0.6) is 5.88 Å². The van der Waals surface area contributed by atoms with Gasteiger partial charge in [-0.1, -0.05) is 12.1 Å². The molecule has 1 aliphatic rings. The van der Waals surface area contributed by atoms with Crippen LogP contribution >= 0.6 is 0 Å². The number of rotatable bonds is 7. The molecule has 3 heterocycles. The summed E-state index contributed by atoms with van der Waals surface area (Å²) in [6.45, 7) is 0.751. The van der Waals surface area contributed by atoms with Crippen LogP contribution in [0.3, 0.4) is 0 Å². The Morgan fingerprint density at radius 3 is 2.72 bits per heavy atom. The average molecular weight is 392 g/mol. The monoisotopic (exact) mass is 392 g/mol. The van der Waals surface area contributed by atoms with Crippen LogP contribution in [0.15, 0.2) is 55.4 Å². The van der Waals surface area contributed by atoms with Crippen molar-refractivity contribution < 1.29 is 9.53 Å². The summed E-state index contributed by atoms with van der Waals surface area (Å²) in [6, 6.07) is 7.34. The van der Waals surface area contributed by atoms with Gasteiger partial charge in [0.15, 0.2) is 0 Å². The Kier molecular flexibility index (Phi) is 5.99. The first kappa shape index (κ1) is 18.9. The van der Waals surface area contributed by atoms with Crippen LogP contribution in [0.2, 0.25) is 0 Å². The van der Waals surface area contributed by atoms with E-state index in [-0.39, 0.29) is 12.1 Å². The summed E-state index contributed by atoms with van der Waals surface area (Å²) in [4.78, 5) is 24.9. The van der Waals surface area contributed by atoms with Gasteiger partial charge in [-0.3, -0.25) is 4.57 Å². The number of aromatic nitrogens is 4. The maximum Gasteiger partial charge on any atom is 0.315 e. The van der Waals surface area contributed by atoms with Gasteiger partial charge in [0.2, 0.25) is 5.88 Å². The number of carbonyl (C=O) groups is 1. The lowest BCUT2D eigenvalue weighted by Gasteiger charge is -2.15. The van der Waals surface area contributed by atoms with E-state index in [1.54, 1.807) is 24.9 Å². The molecule has 3 aromatic heterocycles. The molecule has 0 aromatic carbocycles. The molecule has 0 spiro atoms. The SMILES string of the molecule is O=C(NCc1ccc(-n2ccnc2)nc1)NCc1cccnc1OC1CCCC1. The average Bonchev–Trinajstić information content (AvgIpc) is 3.46. The minimum absolute atomic E-state index is 0.232. The van der Waals surface area contributed by atoms with E-state index < -0.39 is 0 Å². The molecule has 8 heteroatoms. The van der Waals surface area contributed by atoms with Gasteiger partial charge < -0.3 is 15.4 Å². The molecule has 2 N–H and O–H groups in total. The molecule has 0 atom stereocenters. The number of carbonyl (C=O) groups excluding carboxylic acids is 1. The quantitative estimate of drug-likeness (QED) is 0.645. The largest absolute Gasteiger partial charge is 0.474 e. The molecule has 1 fully saturated rings. The van der Waals surface area contributed by atoms with Gasteiger partial charge in [-0.15, -0.1) is 0 Å². The molecule has 150 valence electrons. The fourth-order valence-corrected chi connectivity index (χ4v) is 3.32. The molecule has 8 nitrogen and oxygen atoms in total. The number of pyridine rings is 2. The lowest BCUT2D eigenvalue weighted by Crippen LogP contribution is -2.34. The van der Waals surface area contributed by atoms with Crippen LogP contribution in [0, 0.1) is 0 Å². The maximum absolute atomic E-state index is 12.2. The zero-order valence-corrected chi connectivity index (χ0v) is 16.1. The van der Waals surface area contributed by atoms with Crippen molar-refractivity contribution in [2.24, 2.45) is 0 Å². The van der Waals surface area contributed by atoms with Gasteiger partial charge in [0.25, 0.3) is 0 Å². The predicted molar refractivity (Wildman–Crippen MR) is 108 cm³/mol. The Morgan fingerprint density at radius 2 is 1.97 bits per heavy atom. The van der Waals surface area contributed by atoms with Crippen molar-refractivity contribution >= 4 is 6.03 Å². The summed E-state index contributed by atoms with van der Waals surface area (Å²) in [5.41, 5.74) is 1.79. The predicted octanol–water partition coefficient (Wildman–Crippen LogP) is 2.98. The molecule has 1 aliphatic carbocycles. The molecule has 3 aromatic rings. The fourth-order valence-electron chi connectivity index (χ4n) is 3.32. The van der Waals surface area contributed by atoms with E-state index in [1.165, 1.54) is 12.8 Å². The normalized spacial score (nSPS) is 13.9. The molecular weight excluding hydrogens is 368 g/mol. The highest BCUT2D eigenvalue weighted by molar-refractivity contribution is 5.73. The van der Waals surface area contributed by atoms with Gasteiger partial charge >= 0.3 is 6.03 Å². The Morgan fingerprint density at radius 1 is 1.10 bits per heavy atom. The molecule has 2 amide bonds. The summed E-state index contributed by atoms with van der Waals surface area (Å²) >= 11 is 0. The summed E-state index contributed by atoms with van der Waals surface area (Å²) in [6.07, 6.45) is 13.4. The second kappa shape index (κ2) is 9.18. The van der Waals surface area contributed by atoms with Crippen LogP contribution in [0.4, 0.5) is 4.79 Å². The molecule has 29 heavy (non-hydrogen) atoms. The Bertz CT molecular complexity index is 921. The van der Waals surface area contributed by atoms with Gasteiger partial charge in [-0.25, -0.2) is 19.7 Å². The molecule has 0 bridgehead atoms. The third-order valence-electron chi connectivity index (χ3n) is 4.90. The highest BCUT2D eigenvalue weighted by atomic mass is 16.5. The van der Waals surface area contributed by atoms with E-state index in [2.05, 4.69) is 25.6 Å². The third-order valence-corrected chi connectivity index (χ3v) is 4.90. The van der Waals surface area contributed by atoms with Crippen molar-refractivity contribution in [1.82, 2.24) is 30.2 Å². The first-order valence-electron chi connectivity index (χ1n) is 9.83. The maximum atomic E-state index is 12.2. The van der Waals surface area contributed by atoms with Crippen LogP contribution < -0.4 is 15.4 Å². The van der Waals surface area contributed by atoms with Crippen LogP contribution in [-0.4, -0.2) is 31.7 Å². The lowest BCUT2D eigenvalue weighted by atomic mass is 10.2. The van der Waals surface area contributed by atoms with Gasteiger partial charge in [-0.2, -0.15) is 0 Å². The van der Waals surface area contributed by atoms with Gasteiger partial charge in [-0.05, 0) is 43.4 Å². The van der Waals surface area contributed by atoms with Gasteiger partial charge in [0.05, 0.1) is 0 Å². The second-order valence-electron chi connectivity index (χ2n) is 7.02. The number of nitrogens with zero attached hydrogens (tertiary/aromatic N) is 4. The fraction of sp³-hybridized carbons (Fsp3) is 0.333. The van der Waals surface area contributed by atoms with Crippen molar-refractivity contribution in [3.63, 3.8) is 0 Å². The standard InChI is InChI=1S/C21H24N6O2/c28-21(25-13-16-7-8-19(24-12-16)27-11-10-22-15-27)26-14-17-4-3-9-23-20(17)29-18-5-1-2-6-18/h3-4,7-12,15,18H,1-2,5-6,13-14H2,(H2,25,26,28). The minimum atomic E-state index is -0.251. The highest BCUT2D eigenvalue weighted by Crippen LogP contribution is 2.24. The Labute approximate surface area is 169 Å². The summed E-state index contributed by atoms with van der Waals surface area (Å²) in [5, 5.41) is 5.71. The van der Waals surface area contributed by atoms with E-state index in [9.17, 15) is 4.79 Å². The minimum Gasteiger partial charge on any atom is -0.474 e. The number of hydrogen-bond donors (Lipinski definition) is 2. The van der Waals surface area contributed by atoms with E-state index in [4.69, 9.17) is 4.74 Å². The van der Waals surface area contributed by atoms with E-state index >= 15 is 0 Å². The van der Waals surface area contributed by atoms with Crippen molar-refractivity contribution in [3.8, 4) is 11.7 Å². The lowest BCUT2D eigenvalue weighted by molar-refractivity contribution is 0.198. The first-order chi connectivity index (χ1) is 14.3. The van der Waals surface area contributed by atoms with Crippen molar-refractivity contribution in [1.29, 1.82) is 0 Å². The van der Waals surface area contributed by atoms with Crippen LogP contribution in [-0.2, 0) is 13.1 Å². The van der Waals surface area contributed by atoms with Crippen molar-refractivity contribution in [3.05, 3.63) is 66.5 Å². The van der Waals surface area contributed by atoms with Gasteiger partial charge in [0.1, 0.15) is 18.2 Å². The summed E-state index contributed by atoms with van der Waals surface area (Å²) in [7, 11) is 0. The molecule has 4 rings (SSSR count). The molecular formula is C21H24N6O2. The molecule has 1 saturated carbocycles. The zero-order chi connectivity index (χ0) is 19.9. The number of nitrogens with one attached hydrogen (secondary N) is 2. The highest BCUT2D eigenvalue weighted by Gasteiger charge is 2.18. The summed E-state index contributed by atoms with van der Waals surface area (Å²) < 4.78 is 7.83. The van der Waals surface area contributed by atoms with Crippen LogP contribution in [0.25, 0.3) is 5.82 Å². The van der Waals surface area contributed by atoms with E-state index in [1.807, 2.05) is 35.0 Å². The Balaban J connectivity index is 1.26. The Hall–Kier alpha value is -3.42. The van der Waals surface area contributed by atoms with E-state index in [0.29, 0.717) is 19.0 Å². The first-order valence-corrected chi connectivity index (χ1v) is 9.83.